The number of carbonyl (C=O) groups excluding carboxylic acids is 1. The van der Waals surface area contributed by atoms with Gasteiger partial charge >= 0.3 is 0 Å². The molecule has 70 valence electrons. The van der Waals surface area contributed by atoms with E-state index in [1.807, 2.05) is 0 Å². The Bertz CT molecular complexity index is 308. The van der Waals surface area contributed by atoms with Gasteiger partial charge in [-0.15, -0.1) is 0 Å². The van der Waals surface area contributed by atoms with Gasteiger partial charge in [0.05, 0.1) is 4.47 Å². The summed E-state index contributed by atoms with van der Waals surface area (Å²) in [6.07, 6.45) is 0.750. The number of phenols is 1. The minimum atomic E-state index is 0.232. The van der Waals surface area contributed by atoms with Crippen LogP contribution in [0.1, 0.15) is 0 Å². The van der Waals surface area contributed by atoms with E-state index in [0.717, 1.165) is 15.0 Å². The summed E-state index contributed by atoms with van der Waals surface area (Å²) in [6.45, 7) is 0. The first-order valence-corrected chi connectivity index (χ1v) is 5.28. The van der Waals surface area contributed by atoms with Gasteiger partial charge in [-0.25, -0.2) is 10.2 Å². The van der Waals surface area contributed by atoms with E-state index in [2.05, 4.69) is 47.8 Å². The smallest absolute Gasteiger partial charge is 0.231 e. The molecule has 6 heteroatoms. The molecule has 2 N–H and O–H groups in total. The highest BCUT2D eigenvalue weighted by atomic mass is 79.9. The van der Waals surface area contributed by atoms with Crippen LogP contribution in [0.2, 0.25) is 0 Å². The van der Waals surface area contributed by atoms with Crippen molar-refractivity contribution in [3.05, 3.63) is 25.6 Å². The number of benzene rings is 1. The number of halogens is 3. The van der Waals surface area contributed by atoms with Crippen molar-refractivity contribution < 1.29 is 9.90 Å². The lowest BCUT2D eigenvalue weighted by Gasteiger charge is -2.00. The standard InChI is InChI=1S/C6H3Br3O.CHNO/c7-3-1-2-4(10)6(9)5(3)8;2-1-3/h1-2,10H;2H. The Labute approximate surface area is 100 Å². The summed E-state index contributed by atoms with van der Waals surface area (Å²) >= 11 is 9.77. The van der Waals surface area contributed by atoms with Gasteiger partial charge in [0.1, 0.15) is 5.75 Å². The van der Waals surface area contributed by atoms with Crippen molar-refractivity contribution in [3.8, 4) is 5.75 Å². The fourth-order valence-corrected chi connectivity index (χ4v) is 1.79. The quantitative estimate of drug-likeness (QED) is 0.415. The number of aromatic hydroxyl groups is 1. The number of nitrogens with one attached hydrogen (secondary N) is 1. The average molecular weight is 374 g/mol. The van der Waals surface area contributed by atoms with Crippen LogP contribution in [0, 0.1) is 5.41 Å². The number of rotatable bonds is 0. The molecule has 0 radical (unpaired) electrons. The molecule has 1 aromatic carbocycles. The van der Waals surface area contributed by atoms with E-state index in [1.54, 1.807) is 12.1 Å². The average Bonchev–Trinajstić information content (AvgIpc) is 2.10. The van der Waals surface area contributed by atoms with Crippen LogP contribution in [-0.2, 0) is 4.79 Å². The van der Waals surface area contributed by atoms with E-state index >= 15 is 0 Å². The van der Waals surface area contributed by atoms with Crippen molar-refractivity contribution in [1.29, 1.82) is 5.41 Å². The SMILES string of the molecule is N=C=O.Oc1ccc(Br)c(Br)c1Br. The largest absolute Gasteiger partial charge is 0.507 e. The second-order valence-electron chi connectivity index (χ2n) is 1.80. The van der Waals surface area contributed by atoms with Crippen LogP contribution in [0.15, 0.2) is 25.6 Å². The molecule has 0 fully saturated rings. The summed E-state index contributed by atoms with van der Waals surface area (Å²) in [5.74, 6) is 0.232. The normalized spacial score (nSPS) is 8.23. The van der Waals surface area contributed by atoms with Crippen LogP contribution < -0.4 is 0 Å². The van der Waals surface area contributed by atoms with Crippen molar-refractivity contribution in [2.75, 3.05) is 0 Å². The molecule has 0 aliphatic rings. The summed E-state index contributed by atoms with van der Waals surface area (Å²) in [6, 6.07) is 3.38. The molecule has 0 atom stereocenters. The highest BCUT2D eigenvalue weighted by molar-refractivity contribution is 9.14. The number of hydrogen-bond donors (Lipinski definition) is 2. The molecular weight excluding hydrogens is 370 g/mol. The van der Waals surface area contributed by atoms with E-state index < -0.39 is 0 Å². The highest BCUT2D eigenvalue weighted by Gasteiger charge is 2.04. The predicted molar refractivity (Wildman–Crippen MR) is 59.6 cm³/mol. The Morgan fingerprint density at radius 2 is 1.69 bits per heavy atom. The second-order valence-corrected chi connectivity index (χ2v) is 4.24. The molecule has 0 aliphatic heterocycles. The Balaban J connectivity index is 0.000000424. The van der Waals surface area contributed by atoms with Crippen LogP contribution in [-0.4, -0.2) is 11.2 Å². The third-order valence-corrected chi connectivity index (χ3v) is 4.37. The molecule has 0 unspecified atom stereocenters. The molecule has 0 bridgehead atoms. The van der Waals surface area contributed by atoms with Crippen LogP contribution >= 0.6 is 47.8 Å². The maximum atomic E-state index is 9.13. The molecule has 0 saturated carbocycles. The maximum absolute atomic E-state index is 9.13. The molecule has 0 aliphatic carbocycles. The van der Waals surface area contributed by atoms with Crippen molar-refractivity contribution >= 4 is 53.9 Å². The van der Waals surface area contributed by atoms with Gasteiger partial charge in [0.15, 0.2) is 0 Å². The maximum Gasteiger partial charge on any atom is 0.231 e. The zero-order valence-electron chi connectivity index (χ0n) is 6.14. The number of isocyanates is 1. The lowest BCUT2D eigenvalue weighted by molar-refractivity contribution is 0.471. The van der Waals surface area contributed by atoms with Gasteiger partial charge in [-0.1, -0.05) is 0 Å². The molecule has 0 aromatic heterocycles. The predicted octanol–water partition coefficient (Wildman–Crippen LogP) is 3.58. The van der Waals surface area contributed by atoms with E-state index in [4.69, 9.17) is 15.3 Å². The van der Waals surface area contributed by atoms with Gasteiger partial charge < -0.3 is 5.11 Å². The first-order chi connectivity index (χ1) is 6.04. The zero-order chi connectivity index (χ0) is 10.4. The fraction of sp³-hybridized carbons (Fsp3) is 0. The van der Waals surface area contributed by atoms with Gasteiger partial charge in [0.25, 0.3) is 0 Å². The molecule has 1 aromatic rings. The fourth-order valence-electron chi connectivity index (χ4n) is 0.516. The Morgan fingerprint density at radius 3 is 2.08 bits per heavy atom. The molecule has 0 amide bonds. The summed E-state index contributed by atoms with van der Waals surface area (Å²) in [5, 5.41) is 14.5. The molecule has 0 spiro atoms. The van der Waals surface area contributed by atoms with Crippen molar-refractivity contribution in [1.82, 2.24) is 0 Å². The first-order valence-electron chi connectivity index (χ1n) is 2.91. The van der Waals surface area contributed by atoms with Crippen molar-refractivity contribution in [3.63, 3.8) is 0 Å². The lowest BCUT2D eigenvalue weighted by Crippen LogP contribution is -1.72. The summed E-state index contributed by atoms with van der Waals surface area (Å²) < 4.78 is 2.41. The summed E-state index contributed by atoms with van der Waals surface area (Å²) in [7, 11) is 0. The van der Waals surface area contributed by atoms with Gasteiger partial charge in [-0.3, -0.25) is 0 Å². The van der Waals surface area contributed by atoms with Crippen LogP contribution in [0.3, 0.4) is 0 Å². The molecular formula is C7H4Br3NO2. The zero-order valence-corrected chi connectivity index (χ0v) is 10.9. The highest BCUT2D eigenvalue weighted by Crippen LogP contribution is 2.36. The first kappa shape index (κ1) is 12.8. The third-order valence-electron chi connectivity index (χ3n) is 1.01. The van der Waals surface area contributed by atoms with E-state index in [-0.39, 0.29) is 5.75 Å². The van der Waals surface area contributed by atoms with Crippen LogP contribution in [0.4, 0.5) is 0 Å². The van der Waals surface area contributed by atoms with Crippen LogP contribution in [0.5, 0.6) is 5.75 Å². The number of phenolic OH excluding ortho intramolecular Hbond substituents is 1. The Kier molecular flexibility index (Phi) is 6.24. The molecule has 13 heavy (non-hydrogen) atoms. The lowest BCUT2D eigenvalue weighted by atomic mass is 10.3. The second kappa shape index (κ2) is 6.32. The van der Waals surface area contributed by atoms with Gasteiger partial charge in [-0.2, -0.15) is 0 Å². The minimum Gasteiger partial charge on any atom is -0.507 e. The van der Waals surface area contributed by atoms with Crippen molar-refractivity contribution in [2.45, 2.75) is 0 Å². The van der Waals surface area contributed by atoms with Crippen LogP contribution in [0.25, 0.3) is 0 Å². The molecule has 0 heterocycles. The molecule has 3 nitrogen and oxygen atoms in total. The minimum absolute atomic E-state index is 0.232. The van der Waals surface area contributed by atoms with Gasteiger partial charge in [0.2, 0.25) is 6.08 Å². The monoisotopic (exact) mass is 371 g/mol. The van der Waals surface area contributed by atoms with E-state index in [0.29, 0.717) is 4.47 Å². The Hall–Kier alpha value is -0.160. The topological polar surface area (TPSA) is 61.2 Å². The number of hydrogen-bond acceptors (Lipinski definition) is 3. The molecule has 0 saturated heterocycles. The van der Waals surface area contributed by atoms with E-state index in [1.165, 1.54) is 0 Å². The van der Waals surface area contributed by atoms with E-state index in [9.17, 15) is 0 Å². The summed E-state index contributed by atoms with van der Waals surface area (Å²) in [5.41, 5.74) is 0. The molecule has 1 rings (SSSR count). The summed E-state index contributed by atoms with van der Waals surface area (Å²) in [4.78, 5) is 8.35. The third kappa shape index (κ3) is 4.04. The van der Waals surface area contributed by atoms with Gasteiger partial charge in [-0.05, 0) is 59.9 Å². The Morgan fingerprint density at radius 1 is 1.23 bits per heavy atom. The van der Waals surface area contributed by atoms with Gasteiger partial charge in [0, 0.05) is 8.95 Å². The van der Waals surface area contributed by atoms with Crippen molar-refractivity contribution in [2.24, 2.45) is 0 Å².